The summed E-state index contributed by atoms with van der Waals surface area (Å²) in [7, 11) is 0. The van der Waals surface area contributed by atoms with E-state index in [1.807, 2.05) is 46.0 Å². The molecule has 0 unspecified atom stereocenters. The molecule has 192 valence electrons. The van der Waals surface area contributed by atoms with Crippen molar-refractivity contribution in [3.05, 3.63) is 59.0 Å². The number of aliphatic imine (C=N–C) groups is 1. The van der Waals surface area contributed by atoms with E-state index in [9.17, 15) is 4.79 Å². The van der Waals surface area contributed by atoms with Gasteiger partial charge in [-0.15, -0.1) is 0 Å². The summed E-state index contributed by atoms with van der Waals surface area (Å²) in [5.41, 5.74) is 4.72. The van der Waals surface area contributed by atoms with Gasteiger partial charge in [0, 0.05) is 61.4 Å². The average molecular weight is 480 g/mol. The second kappa shape index (κ2) is 15.1. The van der Waals surface area contributed by atoms with Gasteiger partial charge in [0.1, 0.15) is 5.60 Å². The highest BCUT2D eigenvalue weighted by Crippen LogP contribution is 2.27. The maximum absolute atomic E-state index is 12.5. The maximum atomic E-state index is 12.5. The molecule has 1 heterocycles. The maximum Gasteiger partial charge on any atom is 0.410 e. The lowest BCUT2D eigenvalue weighted by Crippen LogP contribution is -2.49. The van der Waals surface area contributed by atoms with Crippen molar-refractivity contribution in [1.82, 2.24) is 9.80 Å². The zero-order chi connectivity index (χ0) is 26.4. The number of carbonyl (C=O) groups is 1. The Morgan fingerprint density at radius 2 is 1.69 bits per heavy atom. The van der Waals surface area contributed by atoms with Crippen LogP contribution in [0.4, 0.5) is 4.79 Å². The minimum absolute atomic E-state index is 0.248. The standard InChI is InChI=1S/C30H45N3O2/c1-10-14-17-26(18-15-11-2)27(13-4)28(24(5)31-19-16-12-3)25(6)32-20-22-33(23-21-32)29(34)35-30(7,8)9/h10,13-14,16-17,19H,11-12,20-23H2,1-9H3/b14-10-,19-16+,26-17+,27-13-,28-25-,31-24+. The molecule has 0 atom stereocenters. The Balaban J connectivity index is 3.43. The number of ether oxygens (including phenoxy) is 1. The van der Waals surface area contributed by atoms with E-state index in [-0.39, 0.29) is 6.09 Å². The van der Waals surface area contributed by atoms with Crippen LogP contribution in [0.3, 0.4) is 0 Å². The minimum atomic E-state index is -0.493. The number of hydrogen-bond donors (Lipinski definition) is 0. The molecule has 1 rings (SSSR count). The van der Waals surface area contributed by atoms with Crippen LogP contribution in [0.5, 0.6) is 0 Å². The molecule has 5 heteroatoms. The fourth-order valence-corrected chi connectivity index (χ4v) is 3.70. The fourth-order valence-electron chi connectivity index (χ4n) is 3.70. The van der Waals surface area contributed by atoms with Crippen LogP contribution in [0.1, 0.15) is 75.2 Å². The van der Waals surface area contributed by atoms with E-state index >= 15 is 0 Å². The van der Waals surface area contributed by atoms with Crippen LogP contribution in [0.15, 0.2) is 64.0 Å². The van der Waals surface area contributed by atoms with Gasteiger partial charge in [-0.05, 0) is 66.5 Å². The molecule has 0 saturated carbocycles. The van der Waals surface area contributed by atoms with Gasteiger partial charge in [-0.25, -0.2) is 4.79 Å². The van der Waals surface area contributed by atoms with Gasteiger partial charge in [0.2, 0.25) is 0 Å². The molecule has 0 aliphatic carbocycles. The molecule has 0 N–H and O–H groups in total. The molecule has 1 fully saturated rings. The zero-order valence-electron chi connectivity index (χ0n) is 23.4. The normalized spacial score (nSPS) is 17.0. The Kier molecular flexibility index (Phi) is 12.9. The number of rotatable bonds is 7. The van der Waals surface area contributed by atoms with Crippen molar-refractivity contribution in [3.8, 4) is 11.8 Å². The summed E-state index contributed by atoms with van der Waals surface area (Å²) in [5.74, 6) is 6.59. The van der Waals surface area contributed by atoms with Crippen LogP contribution in [-0.4, -0.2) is 53.4 Å². The summed E-state index contributed by atoms with van der Waals surface area (Å²) in [6, 6.07) is 0. The predicted octanol–water partition coefficient (Wildman–Crippen LogP) is 7.06. The van der Waals surface area contributed by atoms with Gasteiger partial charge in [0.15, 0.2) is 0 Å². The topological polar surface area (TPSA) is 45.1 Å². The monoisotopic (exact) mass is 479 g/mol. The van der Waals surface area contributed by atoms with E-state index < -0.39 is 5.60 Å². The molecule has 0 radical (unpaired) electrons. The van der Waals surface area contributed by atoms with Crippen LogP contribution in [0.2, 0.25) is 0 Å². The lowest BCUT2D eigenvalue weighted by atomic mass is 9.92. The number of hydrogen-bond acceptors (Lipinski definition) is 4. The van der Waals surface area contributed by atoms with Crippen LogP contribution < -0.4 is 0 Å². The lowest BCUT2D eigenvalue weighted by Gasteiger charge is -2.38. The first-order chi connectivity index (χ1) is 16.6. The van der Waals surface area contributed by atoms with E-state index in [0.717, 1.165) is 54.1 Å². The third-order valence-corrected chi connectivity index (χ3v) is 5.44. The van der Waals surface area contributed by atoms with Gasteiger partial charge in [-0.2, -0.15) is 0 Å². The number of nitrogens with zero attached hydrogens (tertiary/aromatic N) is 3. The summed E-state index contributed by atoms with van der Waals surface area (Å²) in [5, 5.41) is 0. The molecule has 0 aromatic carbocycles. The van der Waals surface area contributed by atoms with Crippen LogP contribution in [0.25, 0.3) is 0 Å². The van der Waals surface area contributed by atoms with E-state index in [1.54, 1.807) is 4.90 Å². The van der Waals surface area contributed by atoms with Crippen molar-refractivity contribution in [1.29, 1.82) is 0 Å². The predicted molar refractivity (Wildman–Crippen MR) is 149 cm³/mol. The second-order valence-electron chi connectivity index (χ2n) is 9.39. The summed E-state index contributed by atoms with van der Waals surface area (Å²) >= 11 is 0. The van der Waals surface area contributed by atoms with Crippen molar-refractivity contribution in [2.75, 3.05) is 26.2 Å². The van der Waals surface area contributed by atoms with Crippen molar-refractivity contribution < 1.29 is 9.53 Å². The summed E-state index contributed by atoms with van der Waals surface area (Å²) in [6.45, 7) is 20.8. The largest absolute Gasteiger partial charge is 0.444 e. The summed E-state index contributed by atoms with van der Waals surface area (Å²) < 4.78 is 5.57. The van der Waals surface area contributed by atoms with Crippen molar-refractivity contribution in [2.24, 2.45) is 4.99 Å². The van der Waals surface area contributed by atoms with E-state index in [1.165, 1.54) is 0 Å². The molecule has 1 aliphatic rings. The molecule has 0 spiro atoms. The van der Waals surface area contributed by atoms with Gasteiger partial charge in [-0.1, -0.05) is 50.0 Å². The van der Waals surface area contributed by atoms with Gasteiger partial charge in [0.25, 0.3) is 0 Å². The van der Waals surface area contributed by atoms with Crippen LogP contribution >= 0.6 is 0 Å². The quantitative estimate of drug-likeness (QED) is 0.223. The van der Waals surface area contributed by atoms with Crippen molar-refractivity contribution in [2.45, 2.75) is 80.8 Å². The Morgan fingerprint density at radius 1 is 1.06 bits per heavy atom. The van der Waals surface area contributed by atoms with Crippen LogP contribution in [-0.2, 0) is 4.74 Å². The smallest absolute Gasteiger partial charge is 0.410 e. The SMILES string of the molecule is C\C=C/C=C(C#CCC)/C(=C/C)C(/C(C)=N/C=C/CC)=C(/C)N1CCN(C(=O)OC(C)(C)C)CC1. The minimum Gasteiger partial charge on any atom is -0.444 e. The molecular formula is C30H45N3O2. The van der Waals surface area contributed by atoms with Gasteiger partial charge in [-0.3, -0.25) is 4.99 Å². The first-order valence-corrected chi connectivity index (χ1v) is 12.7. The zero-order valence-corrected chi connectivity index (χ0v) is 23.4. The lowest BCUT2D eigenvalue weighted by molar-refractivity contribution is 0.0168. The van der Waals surface area contributed by atoms with E-state index in [2.05, 4.69) is 69.6 Å². The fraction of sp³-hybridized carbons (Fsp3) is 0.533. The van der Waals surface area contributed by atoms with Gasteiger partial charge < -0.3 is 14.5 Å². The van der Waals surface area contributed by atoms with Gasteiger partial charge in [0.05, 0.1) is 0 Å². The molecule has 35 heavy (non-hydrogen) atoms. The third-order valence-electron chi connectivity index (χ3n) is 5.44. The summed E-state index contributed by atoms with van der Waals surface area (Å²) in [6.07, 6.45) is 13.6. The number of piperazine rings is 1. The molecule has 5 nitrogen and oxygen atoms in total. The van der Waals surface area contributed by atoms with Crippen molar-refractivity contribution in [3.63, 3.8) is 0 Å². The second-order valence-corrected chi connectivity index (χ2v) is 9.39. The Bertz CT molecular complexity index is 952. The molecule has 1 amide bonds. The highest BCUT2D eigenvalue weighted by molar-refractivity contribution is 6.04. The van der Waals surface area contributed by atoms with E-state index in [4.69, 9.17) is 9.73 Å². The van der Waals surface area contributed by atoms with Crippen molar-refractivity contribution >= 4 is 11.8 Å². The molecule has 0 bridgehead atoms. The molecule has 0 aromatic heterocycles. The number of allylic oxidation sites excluding steroid dienone is 9. The highest BCUT2D eigenvalue weighted by Gasteiger charge is 2.27. The first-order valence-electron chi connectivity index (χ1n) is 12.7. The van der Waals surface area contributed by atoms with Crippen LogP contribution in [0, 0.1) is 11.8 Å². The molecular weight excluding hydrogens is 434 g/mol. The molecule has 1 aliphatic heterocycles. The van der Waals surface area contributed by atoms with E-state index in [0.29, 0.717) is 13.1 Å². The number of amides is 1. The van der Waals surface area contributed by atoms with Gasteiger partial charge >= 0.3 is 6.09 Å². The molecule has 0 aromatic rings. The number of carbonyl (C=O) groups excluding carboxylic acids is 1. The summed E-state index contributed by atoms with van der Waals surface area (Å²) in [4.78, 5) is 21.4. The Hall–Kier alpha value is -3.00. The Morgan fingerprint density at radius 3 is 2.20 bits per heavy atom. The molecule has 1 saturated heterocycles. The highest BCUT2D eigenvalue weighted by atomic mass is 16.6. The first kappa shape index (κ1) is 30.0. The average Bonchev–Trinajstić information content (AvgIpc) is 2.81. The third kappa shape index (κ3) is 10.0. The Labute approximate surface area is 214 Å².